The number of hydrogen-bond acceptors (Lipinski definition) is 0. The summed E-state index contributed by atoms with van der Waals surface area (Å²) in [6.07, 6.45) is 0. The second kappa shape index (κ2) is 8.37. The Morgan fingerprint density at radius 3 is 1.52 bits per heavy atom. The molecular formula is C30H26Si. The molecule has 0 aliphatic rings. The van der Waals surface area contributed by atoms with Crippen molar-refractivity contribution in [1.82, 2.24) is 0 Å². The van der Waals surface area contributed by atoms with Gasteiger partial charge in [0.15, 0.2) is 0 Å². The summed E-state index contributed by atoms with van der Waals surface area (Å²) in [6, 6.07) is 49.1. The van der Waals surface area contributed by atoms with Crippen LogP contribution in [0.3, 0.4) is 0 Å². The summed E-state index contributed by atoms with van der Waals surface area (Å²) in [7, 11) is -2.20. The third kappa shape index (κ3) is 3.62. The zero-order valence-corrected chi connectivity index (χ0v) is 18.8. The van der Waals surface area contributed by atoms with Gasteiger partial charge in [0, 0.05) is 5.54 Å². The first-order valence-corrected chi connectivity index (χ1v) is 13.5. The fourth-order valence-electron chi connectivity index (χ4n) is 4.96. The summed E-state index contributed by atoms with van der Waals surface area (Å²) in [6.45, 7) is 2.53. The van der Waals surface area contributed by atoms with E-state index in [1.54, 1.807) is 0 Å². The van der Waals surface area contributed by atoms with Gasteiger partial charge in [0.1, 0.15) is 8.07 Å². The molecule has 0 saturated heterocycles. The molecule has 1 heteroatoms. The Morgan fingerprint density at radius 1 is 0.452 bits per heavy atom. The fourth-order valence-corrected chi connectivity index (χ4v) is 9.44. The highest BCUT2D eigenvalue weighted by Crippen LogP contribution is 2.35. The van der Waals surface area contributed by atoms with Crippen molar-refractivity contribution in [3.8, 4) is 0 Å². The van der Waals surface area contributed by atoms with Gasteiger partial charge in [-0.1, -0.05) is 150 Å². The third-order valence-corrected chi connectivity index (χ3v) is 11.5. The third-order valence-electron chi connectivity index (χ3n) is 6.56. The van der Waals surface area contributed by atoms with Crippen LogP contribution >= 0.6 is 0 Å². The molecule has 0 fully saturated rings. The van der Waals surface area contributed by atoms with E-state index in [0.717, 1.165) is 0 Å². The van der Waals surface area contributed by atoms with Crippen LogP contribution in [0.4, 0.5) is 0 Å². The average Bonchev–Trinajstić information content (AvgIpc) is 2.86. The van der Waals surface area contributed by atoms with Crippen molar-refractivity contribution in [2.24, 2.45) is 0 Å². The van der Waals surface area contributed by atoms with Crippen molar-refractivity contribution >= 4 is 29.2 Å². The molecule has 5 aromatic carbocycles. The highest BCUT2D eigenvalue weighted by atomic mass is 28.3. The van der Waals surface area contributed by atoms with E-state index in [0.29, 0.717) is 5.54 Å². The molecule has 0 aliphatic carbocycles. The molecular weight excluding hydrogens is 388 g/mol. The van der Waals surface area contributed by atoms with E-state index in [1.165, 1.54) is 32.3 Å². The van der Waals surface area contributed by atoms with Crippen LogP contribution in [0.15, 0.2) is 133 Å². The maximum atomic E-state index is 2.53. The zero-order chi connectivity index (χ0) is 21.1. The lowest BCUT2D eigenvalue weighted by molar-refractivity contribution is 1.10. The van der Waals surface area contributed by atoms with Gasteiger partial charge in [-0.3, -0.25) is 0 Å². The monoisotopic (exact) mass is 414 g/mol. The Balaban J connectivity index is 1.81. The lowest BCUT2D eigenvalue weighted by Crippen LogP contribution is -2.60. The van der Waals surface area contributed by atoms with Gasteiger partial charge in [0.25, 0.3) is 0 Å². The fraction of sp³-hybridized carbons (Fsp3) is 0.0667. The molecule has 5 aromatic rings. The van der Waals surface area contributed by atoms with Gasteiger partial charge in [-0.15, -0.1) is 0 Å². The summed E-state index contributed by atoms with van der Waals surface area (Å²) in [4.78, 5) is 0. The molecule has 0 aromatic heterocycles. The molecule has 0 N–H and O–H groups in total. The van der Waals surface area contributed by atoms with Crippen molar-refractivity contribution in [2.75, 3.05) is 0 Å². The predicted octanol–water partition coefficient (Wildman–Crippen LogP) is 6.40. The molecule has 5 rings (SSSR count). The van der Waals surface area contributed by atoms with Crippen LogP contribution in [-0.2, 0) is 0 Å². The first-order chi connectivity index (χ1) is 15.3. The van der Waals surface area contributed by atoms with Gasteiger partial charge in [0.2, 0.25) is 0 Å². The molecule has 0 heterocycles. The minimum Gasteiger partial charge on any atom is -0.0626 e. The smallest absolute Gasteiger partial charge is 0.0626 e. The van der Waals surface area contributed by atoms with E-state index in [-0.39, 0.29) is 0 Å². The zero-order valence-electron chi connectivity index (χ0n) is 17.8. The molecule has 0 saturated carbocycles. The van der Waals surface area contributed by atoms with E-state index in [1.807, 2.05) is 0 Å². The van der Waals surface area contributed by atoms with Crippen molar-refractivity contribution in [3.63, 3.8) is 0 Å². The van der Waals surface area contributed by atoms with Crippen molar-refractivity contribution < 1.29 is 0 Å². The number of rotatable bonds is 5. The second-order valence-corrected chi connectivity index (χ2v) is 12.5. The summed E-state index contributed by atoms with van der Waals surface area (Å²) in [5.74, 6) is 0. The van der Waals surface area contributed by atoms with Crippen LogP contribution < -0.4 is 10.4 Å². The number of fused-ring (bicyclic) bond motifs is 1. The molecule has 0 nitrogen and oxygen atoms in total. The SMILES string of the molecule is C[Si](c1ccccc1)(c1ccccc1)C(c1ccccc1)c1ccc2ccccc2c1. The summed E-state index contributed by atoms with van der Waals surface area (Å²) < 4.78 is 0. The van der Waals surface area contributed by atoms with Gasteiger partial charge < -0.3 is 0 Å². The predicted molar refractivity (Wildman–Crippen MR) is 136 cm³/mol. The molecule has 0 amide bonds. The van der Waals surface area contributed by atoms with Gasteiger partial charge in [-0.2, -0.15) is 0 Å². The number of benzene rings is 5. The van der Waals surface area contributed by atoms with Crippen LogP contribution in [0, 0.1) is 0 Å². The maximum absolute atomic E-state index is 2.53. The van der Waals surface area contributed by atoms with E-state index in [4.69, 9.17) is 0 Å². The Labute approximate surface area is 185 Å². The summed E-state index contributed by atoms with van der Waals surface area (Å²) in [5.41, 5.74) is 3.09. The minimum absolute atomic E-state index is 0.308. The number of hydrogen-bond donors (Lipinski definition) is 0. The maximum Gasteiger partial charge on any atom is 0.126 e. The van der Waals surface area contributed by atoms with Gasteiger partial charge in [-0.05, 0) is 21.9 Å². The highest BCUT2D eigenvalue weighted by molar-refractivity contribution is 7.02. The van der Waals surface area contributed by atoms with Crippen molar-refractivity contribution in [1.29, 1.82) is 0 Å². The van der Waals surface area contributed by atoms with Crippen molar-refractivity contribution in [2.45, 2.75) is 12.1 Å². The van der Waals surface area contributed by atoms with E-state index >= 15 is 0 Å². The standard InChI is InChI=1S/C30H26Si/c1-31(28-17-7-3-8-18-28,29-19-9-4-10-20-29)30(25-14-5-2-6-15-25)27-22-21-24-13-11-12-16-26(24)23-27/h2-23,30H,1H3. The summed E-state index contributed by atoms with van der Waals surface area (Å²) >= 11 is 0. The first-order valence-electron chi connectivity index (χ1n) is 10.9. The lowest BCUT2D eigenvalue weighted by Gasteiger charge is -2.38. The quantitative estimate of drug-likeness (QED) is 0.292. The first kappa shape index (κ1) is 19.5. The van der Waals surface area contributed by atoms with Gasteiger partial charge in [-0.25, -0.2) is 0 Å². The Bertz CT molecular complexity index is 1240. The van der Waals surface area contributed by atoms with Crippen molar-refractivity contribution in [3.05, 3.63) is 145 Å². The van der Waals surface area contributed by atoms with E-state index < -0.39 is 8.07 Å². The molecule has 0 radical (unpaired) electrons. The second-order valence-electron chi connectivity index (χ2n) is 8.38. The Hall–Kier alpha value is -3.42. The molecule has 1 atom stereocenters. The van der Waals surface area contributed by atoms with Crippen LogP contribution in [0.5, 0.6) is 0 Å². The molecule has 0 aliphatic heterocycles. The molecule has 1 unspecified atom stereocenters. The normalized spacial score (nSPS) is 12.5. The highest BCUT2D eigenvalue weighted by Gasteiger charge is 2.42. The van der Waals surface area contributed by atoms with E-state index in [2.05, 4.69) is 140 Å². The van der Waals surface area contributed by atoms with Crippen LogP contribution in [0.1, 0.15) is 16.7 Å². The van der Waals surface area contributed by atoms with Gasteiger partial charge in [0.05, 0.1) is 0 Å². The topological polar surface area (TPSA) is 0 Å². The lowest BCUT2D eigenvalue weighted by atomic mass is 10.0. The van der Waals surface area contributed by atoms with Crippen LogP contribution in [0.2, 0.25) is 6.55 Å². The van der Waals surface area contributed by atoms with Crippen LogP contribution in [0.25, 0.3) is 10.8 Å². The Kier molecular flexibility index (Phi) is 5.27. The molecule has 0 bridgehead atoms. The minimum atomic E-state index is -2.20. The van der Waals surface area contributed by atoms with Gasteiger partial charge >= 0.3 is 0 Å². The summed E-state index contributed by atoms with van der Waals surface area (Å²) in [5, 5.41) is 5.52. The largest absolute Gasteiger partial charge is 0.126 e. The van der Waals surface area contributed by atoms with Crippen LogP contribution in [-0.4, -0.2) is 8.07 Å². The molecule has 150 valence electrons. The Morgan fingerprint density at radius 2 is 0.935 bits per heavy atom. The molecule has 31 heavy (non-hydrogen) atoms. The molecule has 0 spiro atoms. The van der Waals surface area contributed by atoms with E-state index in [9.17, 15) is 0 Å². The average molecular weight is 415 g/mol.